The van der Waals surface area contributed by atoms with Crippen molar-refractivity contribution in [1.82, 2.24) is 9.88 Å². The number of ether oxygens (including phenoxy) is 2. The number of aromatic amines is 1. The lowest BCUT2D eigenvalue weighted by molar-refractivity contribution is -0.139. The third kappa shape index (κ3) is 4.14. The highest BCUT2D eigenvalue weighted by Crippen LogP contribution is 2.14. The topological polar surface area (TPSA) is 71.6 Å². The number of amides is 1. The van der Waals surface area contributed by atoms with E-state index >= 15 is 0 Å². The number of fused-ring (bicyclic) bond motifs is 1. The Labute approximate surface area is 153 Å². The van der Waals surface area contributed by atoms with Gasteiger partial charge in [-0.3, -0.25) is 9.59 Å². The van der Waals surface area contributed by atoms with Crippen molar-refractivity contribution in [2.75, 3.05) is 33.4 Å². The molecule has 140 valence electrons. The summed E-state index contributed by atoms with van der Waals surface area (Å²) in [5.41, 5.74) is 2.38. The van der Waals surface area contributed by atoms with Gasteiger partial charge in [0.15, 0.2) is 5.43 Å². The zero-order chi connectivity index (χ0) is 18.5. The summed E-state index contributed by atoms with van der Waals surface area (Å²) in [5.74, 6) is 0.0719. The Kier molecular flexibility index (Phi) is 6.06. The SMILES string of the molecule is COCC[C@H]1CN(C(=O)CCc2c(C)[nH]c3ccccc3c2=O)CCO1. The van der Waals surface area contributed by atoms with Crippen molar-refractivity contribution in [1.29, 1.82) is 0 Å². The number of rotatable bonds is 6. The molecule has 6 nitrogen and oxygen atoms in total. The van der Waals surface area contributed by atoms with Gasteiger partial charge in [-0.05, 0) is 31.9 Å². The molecule has 1 aromatic carbocycles. The summed E-state index contributed by atoms with van der Waals surface area (Å²) in [4.78, 5) is 30.4. The van der Waals surface area contributed by atoms with Crippen LogP contribution in [0.1, 0.15) is 24.1 Å². The number of aryl methyl sites for hydroxylation is 1. The number of carbonyl (C=O) groups excluding carboxylic acids is 1. The first-order chi connectivity index (χ1) is 12.6. The number of benzene rings is 1. The molecule has 0 saturated carbocycles. The van der Waals surface area contributed by atoms with Crippen molar-refractivity contribution < 1.29 is 14.3 Å². The largest absolute Gasteiger partial charge is 0.385 e. The predicted molar refractivity (Wildman–Crippen MR) is 100 cm³/mol. The molecule has 1 N–H and O–H groups in total. The Morgan fingerprint density at radius 2 is 2.19 bits per heavy atom. The Hall–Kier alpha value is -2.18. The summed E-state index contributed by atoms with van der Waals surface area (Å²) in [6, 6.07) is 7.48. The highest BCUT2D eigenvalue weighted by Gasteiger charge is 2.24. The molecule has 1 aromatic heterocycles. The lowest BCUT2D eigenvalue weighted by Crippen LogP contribution is -2.46. The smallest absolute Gasteiger partial charge is 0.223 e. The van der Waals surface area contributed by atoms with Crippen LogP contribution in [0.4, 0.5) is 0 Å². The Morgan fingerprint density at radius 1 is 1.38 bits per heavy atom. The zero-order valence-corrected chi connectivity index (χ0v) is 15.4. The number of hydrogen-bond acceptors (Lipinski definition) is 4. The van der Waals surface area contributed by atoms with Crippen LogP contribution in [0.3, 0.4) is 0 Å². The van der Waals surface area contributed by atoms with Gasteiger partial charge < -0.3 is 19.4 Å². The molecule has 0 unspecified atom stereocenters. The third-order valence-corrected chi connectivity index (χ3v) is 4.94. The van der Waals surface area contributed by atoms with Gasteiger partial charge in [-0.25, -0.2) is 0 Å². The molecule has 1 atom stereocenters. The first-order valence-electron chi connectivity index (χ1n) is 9.09. The molecule has 3 rings (SSSR count). The number of pyridine rings is 1. The lowest BCUT2D eigenvalue weighted by Gasteiger charge is -2.33. The second-order valence-electron chi connectivity index (χ2n) is 6.72. The van der Waals surface area contributed by atoms with Gasteiger partial charge in [0.25, 0.3) is 0 Å². The maximum absolute atomic E-state index is 12.7. The first kappa shape index (κ1) is 18.6. The molecule has 0 spiro atoms. The normalized spacial score (nSPS) is 17.6. The summed E-state index contributed by atoms with van der Waals surface area (Å²) in [6.45, 7) is 4.27. The minimum absolute atomic E-state index is 0.0181. The Bertz CT molecular complexity index is 830. The number of nitrogens with zero attached hydrogens (tertiary/aromatic N) is 1. The van der Waals surface area contributed by atoms with E-state index in [0.29, 0.717) is 50.1 Å². The summed E-state index contributed by atoms with van der Waals surface area (Å²) in [5, 5.41) is 0.673. The van der Waals surface area contributed by atoms with E-state index in [1.807, 2.05) is 36.1 Å². The lowest BCUT2D eigenvalue weighted by atomic mass is 10.0. The fraction of sp³-hybridized carbons (Fsp3) is 0.500. The fourth-order valence-corrected chi connectivity index (χ4v) is 3.46. The van der Waals surface area contributed by atoms with E-state index in [4.69, 9.17) is 9.47 Å². The quantitative estimate of drug-likeness (QED) is 0.858. The molecule has 0 aliphatic carbocycles. The van der Waals surface area contributed by atoms with Gasteiger partial charge >= 0.3 is 0 Å². The van der Waals surface area contributed by atoms with Gasteiger partial charge in [0, 0.05) is 55.4 Å². The maximum atomic E-state index is 12.7. The highest BCUT2D eigenvalue weighted by atomic mass is 16.5. The van der Waals surface area contributed by atoms with Crippen LogP contribution in [-0.4, -0.2) is 55.3 Å². The molecule has 1 saturated heterocycles. The maximum Gasteiger partial charge on any atom is 0.223 e. The fourth-order valence-electron chi connectivity index (χ4n) is 3.46. The van der Waals surface area contributed by atoms with Crippen molar-refractivity contribution >= 4 is 16.8 Å². The average Bonchev–Trinajstić information content (AvgIpc) is 2.66. The Morgan fingerprint density at radius 3 is 3.00 bits per heavy atom. The molecule has 1 aliphatic rings. The van der Waals surface area contributed by atoms with E-state index in [9.17, 15) is 9.59 Å². The van der Waals surface area contributed by atoms with Crippen molar-refractivity contribution in [3.63, 3.8) is 0 Å². The van der Waals surface area contributed by atoms with Crippen molar-refractivity contribution in [2.45, 2.75) is 32.3 Å². The molecule has 6 heteroatoms. The average molecular weight is 358 g/mol. The van der Waals surface area contributed by atoms with Crippen molar-refractivity contribution in [3.05, 3.63) is 45.7 Å². The van der Waals surface area contributed by atoms with E-state index < -0.39 is 0 Å². The van der Waals surface area contributed by atoms with Gasteiger partial charge in [0.1, 0.15) is 0 Å². The number of para-hydroxylation sites is 1. The molecular weight excluding hydrogens is 332 g/mol. The van der Waals surface area contributed by atoms with Crippen LogP contribution in [0.5, 0.6) is 0 Å². The van der Waals surface area contributed by atoms with Crippen LogP contribution in [0.25, 0.3) is 10.9 Å². The van der Waals surface area contributed by atoms with E-state index in [1.54, 1.807) is 7.11 Å². The van der Waals surface area contributed by atoms with E-state index in [1.165, 1.54) is 0 Å². The minimum Gasteiger partial charge on any atom is -0.385 e. The van der Waals surface area contributed by atoms with Gasteiger partial charge in [-0.15, -0.1) is 0 Å². The van der Waals surface area contributed by atoms with Crippen molar-refractivity contribution in [3.8, 4) is 0 Å². The number of nitrogens with one attached hydrogen (secondary N) is 1. The molecular formula is C20H26N2O4. The summed E-state index contributed by atoms with van der Waals surface area (Å²) in [7, 11) is 1.66. The Balaban J connectivity index is 1.66. The third-order valence-electron chi connectivity index (χ3n) is 4.94. The van der Waals surface area contributed by atoms with E-state index in [0.717, 1.165) is 17.6 Å². The van der Waals surface area contributed by atoms with Gasteiger partial charge in [0.05, 0.1) is 12.7 Å². The molecule has 1 aliphatic heterocycles. The van der Waals surface area contributed by atoms with Crippen LogP contribution in [0, 0.1) is 6.92 Å². The van der Waals surface area contributed by atoms with Crippen LogP contribution in [-0.2, 0) is 20.7 Å². The van der Waals surface area contributed by atoms with Crippen LogP contribution >= 0.6 is 0 Å². The molecule has 2 heterocycles. The zero-order valence-electron chi connectivity index (χ0n) is 15.4. The number of H-pyrrole nitrogens is 1. The monoisotopic (exact) mass is 358 g/mol. The molecule has 0 radical (unpaired) electrons. The van der Waals surface area contributed by atoms with E-state index in [2.05, 4.69) is 4.98 Å². The second kappa shape index (κ2) is 8.47. The van der Waals surface area contributed by atoms with E-state index in [-0.39, 0.29) is 17.4 Å². The minimum atomic E-state index is 0.0181. The molecule has 26 heavy (non-hydrogen) atoms. The van der Waals surface area contributed by atoms with Crippen LogP contribution < -0.4 is 5.43 Å². The number of aromatic nitrogens is 1. The van der Waals surface area contributed by atoms with Gasteiger partial charge in [-0.2, -0.15) is 0 Å². The predicted octanol–water partition coefficient (Wildman–Crippen LogP) is 2.03. The number of methoxy groups -OCH3 is 1. The number of morpholine rings is 1. The number of hydrogen-bond donors (Lipinski definition) is 1. The van der Waals surface area contributed by atoms with Gasteiger partial charge in [0.2, 0.25) is 5.91 Å². The second-order valence-corrected chi connectivity index (χ2v) is 6.72. The van der Waals surface area contributed by atoms with Crippen molar-refractivity contribution in [2.24, 2.45) is 0 Å². The molecule has 1 fully saturated rings. The standard InChI is InChI=1S/C20H26N2O4/c1-14-16(20(24)17-5-3-4-6-18(17)21-14)7-8-19(23)22-10-12-26-15(13-22)9-11-25-2/h3-6,15H,7-13H2,1-2H3,(H,21,24)/t15-/m0/s1. The summed E-state index contributed by atoms with van der Waals surface area (Å²) >= 11 is 0. The summed E-state index contributed by atoms with van der Waals surface area (Å²) < 4.78 is 10.8. The number of carbonyl (C=O) groups is 1. The summed E-state index contributed by atoms with van der Waals surface area (Å²) in [6.07, 6.45) is 1.59. The highest BCUT2D eigenvalue weighted by molar-refractivity contribution is 5.80. The van der Waals surface area contributed by atoms with Gasteiger partial charge in [-0.1, -0.05) is 12.1 Å². The molecule has 0 bridgehead atoms. The first-order valence-corrected chi connectivity index (χ1v) is 9.09. The molecule has 1 amide bonds. The van der Waals surface area contributed by atoms with Crippen LogP contribution in [0.2, 0.25) is 0 Å². The molecule has 2 aromatic rings. The van der Waals surface area contributed by atoms with Crippen LogP contribution in [0.15, 0.2) is 29.1 Å².